The van der Waals surface area contributed by atoms with Crippen LogP contribution in [0.4, 0.5) is 4.39 Å². The van der Waals surface area contributed by atoms with Crippen molar-refractivity contribution in [3.63, 3.8) is 0 Å². The van der Waals surface area contributed by atoms with Crippen LogP contribution in [0, 0.1) is 11.7 Å². The molecular weight excluding hydrogens is 389 g/mol. The van der Waals surface area contributed by atoms with E-state index in [-0.39, 0.29) is 28.3 Å². The van der Waals surface area contributed by atoms with Crippen LogP contribution >= 0.6 is 11.6 Å². The largest absolute Gasteiger partial charge is 0.382 e. The van der Waals surface area contributed by atoms with Gasteiger partial charge in [-0.1, -0.05) is 17.7 Å². The highest BCUT2D eigenvalue weighted by atomic mass is 35.5. The Labute approximate surface area is 168 Å². The van der Waals surface area contributed by atoms with Gasteiger partial charge in [-0.3, -0.25) is 9.00 Å². The van der Waals surface area contributed by atoms with Crippen LogP contribution in [-0.4, -0.2) is 45.3 Å². The summed E-state index contributed by atoms with van der Waals surface area (Å²) in [6.45, 7) is 7.54. The van der Waals surface area contributed by atoms with Gasteiger partial charge in [0.15, 0.2) is 0 Å². The van der Waals surface area contributed by atoms with E-state index in [1.54, 1.807) is 18.1 Å². The highest BCUT2D eigenvalue weighted by Gasteiger charge is 2.42. The molecule has 1 saturated carbocycles. The van der Waals surface area contributed by atoms with Crippen LogP contribution in [-0.2, 0) is 20.3 Å². The summed E-state index contributed by atoms with van der Waals surface area (Å²) in [6.07, 6.45) is 2.01. The van der Waals surface area contributed by atoms with Crippen molar-refractivity contribution in [2.45, 2.75) is 57.4 Å². The van der Waals surface area contributed by atoms with Crippen molar-refractivity contribution >= 4 is 28.3 Å². The van der Waals surface area contributed by atoms with Crippen molar-refractivity contribution < 1.29 is 18.1 Å². The van der Waals surface area contributed by atoms with Crippen LogP contribution < -0.4 is 0 Å². The molecule has 4 nitrogen and oxygen atoms in total. The molecule has 0 aromatic heterocycles. The summed E-state index contributed by atoms with van der Waals surface area (Å²) in [4.78, 5) is 14.4. The Bertz CT molecular complexity index is 703. The summed E-state index contributed by atoms with van der Waals surface area (Å²) in [6, 6.07) is 3.94. The third kappa shape index (κ3) is 5.75. The molecule has 0 aliphatic heterocycles. The van der Waals surface area contributed by atoms with Crippen LogP contribution in [0.25, 0.3) is 0 Å². The highest BCUT2D eigenvalue weighted by Crippen LogP contribution is 2.40. The maximum atomic E-state index is 14.1. The molecule has 1 fully saturated rings. The van der Waals surface area contributed by atoms with E-state index in [9.17, 15) is 13.4 Å². The molecule has 1 aromatic rings. The predicted molar refractivity (Wildman–Crippen MR) is 108 cm³/mol. The molecule has 0 heterocycles. The topological polar surface area (TPSA) is 46.6 Å². The number of carbonyl (C=O) groups is 1. The number of benzene rings is 1. The van der Waals surface area contributed by atoms with Gasteiger partial charge < -0.3 is 9.64 Å². The Morgan fingerprint density at radius 1 is 1.41 bits per heavy atom. The normalized spacial score (nSPS) is 18.0. The summed E-state index contributed by atoms with van der Waals surface area (Å²) in [7, 11) is 0.453. The maximum absolute atomic E-state index is 14.1. The van der Waals surface area contributed by atoms with Gasteiger partial charge in [-0.15, -0.1) is 0 Å². The third-order valence-electron chi connectivity index (χ3n) is 4.88. The Morgan fingerprint density at radius 3 is 2.48 bits per heavy atom. The average molecular weight is 418 g/mol. The number of ether oxygens (including phenoxy) is 1. The van der Waals surface area contributed by atoms with Crippen molar-refractivity contribution in [2.24, 2.45) is 5.92 Å². The second kappa shape index (κ2) is 9.01. The van der Waals surface area contributed by atoms with Crippen molar-refractivity contribution in [2.75, 3.05) is 19.5 Å². The lowest BCUT2D eigenvalue weighted by atomic mass is 10.0. The van der Waals surface area contributed by atoms with E-state index in [0.29, 0.717) is 17.2 Å². The summed E-state index contributed by atoms with van der Waals surface area (Å²) in [5, 5.41) is 0.0388. The van der Waals surface area contributed by atoms with Gasteiger partial charge in [-0.25, -0.2) is 4.39 Å². The lowest BCUT2D eigenvalue weighted by Crippen LogP contribution is -2.48. The van der Waals surface area contributed by atoms with Gasteiger partial charge in [0.2, 0.25) is 5.91 Å². The number of hydrogen-bond donors (Lipinski definition) is 0. The second-order valence-corrected chi connectivity index (χ2v) is 10.8. The van der Waals surface area contributed by atoms with E-state index < -0.39 is 22.7 Å². The van der Waals surface area contributed by atoms with E-state index in [2.05, 4.69) is 0 Å². The van der Waals surface area contributed by atoms with E-state index >= 15 is 0 Å². The molecule has 1 aliphatic rings. The number of carbonyl (C=O) groups excluding carboxylic acids is 1. The summed E-state index contributed by atoms with van der Waals surface area (Å²) >= 11 is 5.82. The minimum absolute atomic E-state index is 0.0388. The predicted octanol–water partition coefficient (Wildman–Crippen LogP) is 4.34. The van der Waals surface area contributed by atoms with Gasteiger partial charge in [0, 0.05) is 41.4 Å². The molecule has 3 atom stereocenters. The molecule has 0 spiro atoms. The molecule has 0 saturated heterocycles. The Hall–Kier alpha value is -0.980. The van der Waals surface area contributed by atoms with Crippen LogP contribution in [0.5, 0.6) is 0 Å². The summed E-state index contributed by atoms with van der Waals surface area (Å²) < 4.78 is 31.9. The van der Waals surface area contributed by atoms with Crippen LogP contribution in [0.3, 0.4) is 0 Å². The zero-order valence-electron chi connectivity index (χ0n) is 16.6. The average Bonchev–Trinajstić information content (AvgIpc) is 3.39. The Balaban J connectivity index is 2.41. The molecule has 0 N–H and O–H groups in total. The van der Waals surface area contributed by atoms with Crippen LogP contribution in [0.1, 0.15) is 52.1 Å². The number of methoxy groups -OCH3 is 1. The Morgan fingerprint density at radius 2 is 2.04 bits per heavy atom. The third-order valence-corrected chi connectivity index (χ3v) is 7.20. The zero-order chi connectivity index (χ0) is 20.4. The minimum Gasteiger partial charge on any atom is -0.382 e. The lowest BCUT2D eigenvalue weighted by Gasteiger charge is -2.39. The first kappa shape index (κ1) is 22.3. The van der Waals surface area contributed by atoms with Crippen molar-refractivity contribution in [3.8, 4) is 0 Å². The lowest BCUT2D eigenvalue weighted by molar-refractivity contribution is -0.135. The fourth-order valence-corrected chi connectivity index (χ4v) is 4.59. The van der Waals surface area contributed by atoms with E-state index in [4.69, 9.17) is 16.3 Å². The molecule has 2 unspecified atom stereocenters. The fraction of sp³-hybridized carbons (Fsp3) is 0.650. The van der Waals surface area contributed by atoms with Gasteiger partial charge in [0.05, 0.1) is 17.7 Å². The molecule has 2 rings (SSSR count). The molecule has 7 heteroatoms. The maximum Gasteiger partial charge on any atom is 0.220 e. The smallest absolute Gasteiger partial charge is 0.220 e. The summed E-state index contributed by atoms with van der Waals surface area (Å²) in [5.41, 5.74) is 0.626. The monoisotopic (exact) mass is 417 g/mol. The van der Waals surface area contributed by atoms with Gasteiger partial charge in [0.1, 0.15) is 5.82 Å². The number of amides is 1. The van der Waals surface area contributed by atoms with Crippen LogP contribution in [0.15, 0.2) is 18.2 Å². The molecule has 1 amide bonds. The number of nitrogens with zero attached hydrogens (tertiary/aromatic N) is 1. The standard InChI is InChI=1S/C20H29ClFNO3S/c1-13(24)23(19(14-6-7-14)12-27(25)20(2,3)4)18(11-26-5)15-8-9-16(21)17(22)10-15/h8-10,14,18-19H,6-7,11-12H2,1-5H3/t18-,19?,27?/m0/s1. The van der Waals surface area contributed by atoms with Crippen LogP contribution in [0.2, 0.25) is 5.02 Å². The van der Waals surface area contributed by atoms with Gasteiger partial charge in [-0.05, 0) is 57.2 Å². The van der Waals surface area contributed by atoms with Crippen molar-refractivity contribution in [1.29, 1.82) is 0 Å². The molecule has 27 heavy (non-hydrogen) atoms. The van der Waals surface area contributed by atoms with Gasteiger partial charge >= 0.3 is 0 Å². The number of halogens is 2. The summed E-state index contributed by atoms with van der Waals surface area (Å²) in [5.74, 6) is 0.0660. The molecular formula is C20H29ClFNO3S. The SMILES string of the molecule is COC[C@@H](c1ccc(Cl)c(F)c1)N(C(C)=O)C(CS(=O)C(C)(C)C)C1CC1. The van der Waals surface area contributed by atoms with E-state index in [1.807, 2.05) is 20.8 Å². The van der Waals surface area contributed by atoms with E-state index in [0.717, 1.165) is 12.8 Å². The van der Waals surface area contributed by atoms with Gasteiger partial charge in [-0.2, -0.15) is 0 Å². The van der Waals surface area contributed by atoms with E-state index in [1.165, 1.54) is 19.1 Å². The quantitative estimate of drug-likeness (QED) is 0.632. The number of hydrogen-bond acceptors (Lipinski definition) is 3. The Kier molecular flexibility index (Phi) is 7.45. The zero-order valence-corrected chi connectivity index (χ0v) is 18.2. The molecule has 152 valence electrons. The highest BCUT2D eigenvalue weighted by molar-refractivity contribution is 7.86. The molecule has 0 bridgehead atoms. The first-order valence-corrected chi connectivity index (χ1v) is 10.9. The first-order valence-electron chi connectivity index (χ1n) is 9.17. The first-order chi connectivity index (χ1) is 12.6. The number of rotatable bonds is 8. The molecule has 0 radical (unpaired) electrons. The van der Waals surface area contributed by atoms with Crippen molar-refractivity contribution in [1.82, 2.24) is 4.90 Å². The molecule has 1 aliphatic carbocycles. The second-order valence-electron chi connectivity index (χ2n) is 8.10. The fourth-order valence-electron chi connectivity index (χ4n) is 3.23. The minimum atomic E-state index is -1.10. The van der Waals surface area contributed by atoms with Crippen molar-refractivity contribution in [3.05, 3.63) is 34.6 Å². The van der Waals surface area contributed by atoms with Gasteiger partial charge in [0.25, 0.3) is 0 Å². The molecule has 1 aromatic carbocycles.